The van der Waals surface area contributed by atoms with Crippen LogP contribution in [0.3, 0.4) is 0 Å². The van der Waals surface area contributed by atoms with Crippen molar-refractivity contribution in [3.05, 3.63) is 30.2 Å². The second-order valence-electron chi connectivity index (χ2n) is 2.25. The maximum Gasteiger partial charge on any atom is 0.160 e. The van der Waals surface area contributed by atoms with Crippen LogP contribution in [0.5, 0.6) is 0 Å². The van der Waals surface area contributed by atoms with Crippen molar-refractivity contribution in [2.45, 2.75) is 6.54 Å². The van der Waals surface area contributed by atoms with Gasteiger partial charge in [0.05, 0.1) is 6.54 Å². The Kier molecular flexibility index (Phi) is 2.62. The van der Waals surface area contributed by atoms with Crippen molar-refractivity contribution < 1.29 is 0 Å². The molecule has 2 N–H and O–H groups in total. The Morgan fingerprint density at radius 2 is 2.17 bits per heavy atom. The van der Waals surface area contributed by atoms with E-state index in [4.69, 9.17) is 5.73 Å². The van der Waals surface area contributed by atoms with Crippen LogP contribution in [-0.4, -0.2) is 14.6 Å². The summed E-state index contributed by atoms with van der Waals surface area (Å²) in [5, 5.41) is 7.82. The molecule has 2 aromatic rings. The van der Waals surface area contributed by atoms with E-state index >= 15 is 0 Å². The van der Waals surface area contributed by atoms with E-state index < -0.39 is 0 Å². The molecule has 0 unspecified atom stereocenters. The van der Waals surface area contributed by atoms with Crippen molar-refractivity contribution in [3.8, 4) is 0 Å². The van der Waals surface area contributed by atoms with Gasteiger partial charge in [-0.2, -0.15) is 0 Å². The smallest absolute Gasteiger partial charge is 0.160 e. The summed E-state index contributed by atoms with van der Waals surface area (Å²) in [4.78, 5) is 0. The van der Waals surface area contributed by atoms with Crippen LogP contribution in [0.4, 0.5) is 0 Å². The molecule has 64 valence electrons. The molecule has 0 bridgehead atoms. The van der Waals surface area contributed by atoms with E-state index in [1.54, 1.807) is 0 Å². The molecule has 0 spiro atoms. The highest BCUT2D eigenvalue weighted by molar-refractivity contribution is 5.85. The fourth-order valence-electron chi connectivity index (χ4n) is 1.03. The van der Waals surface area contributed by atoms with Gasteiger partial charge in [0.25, 0.3) is 0 Å². The zero-order valence-corrected chi connectivity index (χ0v) is 7.16. The number of aromatic nitrogens is 3. The first kappa shape index (κ1) is 8.96. The van der Waals surface area contributed by atoms with Crippen molar-refractivity contribution in [1.82, 2.24) is 14.6 Å². The maximum atomic E-state index is 5.44. The zero-order valence-electron chi connectivity index (χ0n) is 6.34. The number of halogens is 1. The van der Waals surface area contributed by atoms with E-state index in [-0.39, 0.29) is 12.4 Å². The first-order valence-corrected chi connectivity index (χ1v) is 3.40. The molecular formula is C7H9ClN4. The van der Waals surface area contributed by atoms with Gasteiger partial charge in [-0.15, -0.1) is 22.6 Å². The average Bonchev–Trinajstić information content (AvgIpc) is 2.47. The summed E-state index contributed by atoms with van der Waals surface area (Å²) >= 11 is 0. The average molecular weight is 185 g/mol. The molecule has 2 aromatic heterocycles. The van der Waals surface area contributed by atoms with E-state index in [9.17, 15) is 0 Å². The van der Waals surface area contributed by atoms with Gasteiger partial charge in [-0.1, -0.05) is 6.07 Å². The first-order valence-electron chi connectivity index (χ1n) is 3.40. The Balaban J connectivity index is 0.000000720. The van der Waals surface area contributed by atoms with Crippen LogP contribution in [0.15, 0.2) is 24.4 Å². The molecule has 0 saturated carbocycles. The number of nitrogens with zero attached hydrogens (tertiary/aromatic N) is 3. The maximum absolute atomic E-state index is 5.44. The Bertz CT molecular complexity index is 370. The molecule has 0 saturated heterocycles. The number of hydrogen-bond donors (Lipinski definition) is 1. The Labute approximate surface area is 75.8 Å². The van der Waals surface area contributed by atoms with Crippen LogP contribution >= 0.6 is 12.4 Å². The molecule has 0 radical (unpaired) electrons. The number of nitrogens with two attached hydrogens (primary N) is 1. The van der Waals surface area contributed by atoms with Crippen molar-refractivity contribution in [2.75, 3.05) is 0 Å². The quantitative estimate of drug-likeness (QED) is 0.707. The molecule has 5 heteroatoms. The molecule has 12 heavy (non-hydrogen) atoms. The summed E-state index contributed by atoms with van der Waals surface area (Å²) in [6.45, 7) is 0.422. The van der Waals surface area contributed by atoms with Crippen LogP contribution in [0.1, 0.15) is 5.82 Å². The normalized spacial score (nSPS) is 9.75. The van der Waals surface area contributed by atoms with E-state index in [2.05, 4.69) is 10.2 Å². The minimum atomic E-state index is 0. The van der Waals surface area contributed by atoms with E-state index in [1.807, 2.05) is 28.8 Å². The second kappa shape index (κ2) is 3.51. The summed E-state index contributed by atoms with van der Waals surface area (Å²) in [5.41, 5.74) is 6.28. The molecule has 0 aliphatic rings. The lowest BCUT2D eigenvalue weighted by molar-refractivity contribution is 0.883. The van der Waals surface area contributed by atoms with Crippen LogP contribution < -0.4 is 5.73 Å². The Morgan fingerprint density at radius 3 is 2.92 bits per heavy atom. The van der Waals surface area contributed by atoms with E-state index in [0.29, 0.717) is 6.54 Å². The van der Waals surface area contributed by atoms with Crippen molar-refractivity contribution in [2.24, 2.45) is 5.73 Å². The van der Waals surface area contributed by atoms with Crippen molar-refractivity contribution in [3.63, 3.8) is 0 Å². The first-order chi connectivity index (χ1) is 5.42. The lowest BCUT2D eigenvalue weighted by atomic mass is 10.5. The fourth-order valence-corrected chi connectivity index (χ4v) is 1.03. The number of rotatable bonds is 1. The van der Waals surface area contributed by atoms with Gasteiger partial charge in [0.15, 0.2) is 11.5 Å². The fraction of sp³-hybridized carbons (Fsp3) is 0.143. The molecular weight excluding hydrogens is 176 g/mol. The Morgan fingerprint density at radius 1 is 1.33 bits per heavy atom. The highest BCUT2D eigenvalue weighted by Gasteiger charge is 1.99. The topological polar surface area (TPSA) is 56.2 Å². The summed E-state index contributed by atoms with van der Waals surface area (Å²) in [6.07, 6.45) is 1.90. The molecule has 0 aliphatic heterocycles. The highest BCUT2D eigenvalue weighted by atomic mass is 35.5. The lowest BCUT2D eigenvalue weighted by Gasteiger charge is -1.92. The van der Waals surface area contributed by atoms with Crippen molar-refractivity contribution in [1.29, 1.82) is 0 Å². The van der Waals surface area contributed by atoms with Gasteiger partial charge in [-0.05, 0) is 12.1 Å². The van der Waals surface area contributed by atoms with Crippen molar-refractivity contribution >= 4 is 18.1 Å². The highest BCUT2D eigenvalue weighted by Crippen LogP contribution is 2.00. The lowest BCUT2D eigenvalue weighted by Crippen LogP contribution is -2.01. The minimum Gasteiger partial charge on any atom is -0.324 e. The summed E-state index contributed by atoms with van der Waals surface area (Å²) in [5.74, 6) is 0.792. The third-order valence-electron chi connectivity index (χ3n) is 1.57. The predicted octanol–water partition coefficient (Wildman–Crippen LogP) is 0.610. The summed E-state index contributed by atoms with van der Waals surface area (Å²) < 4.78 is 1.88. The molecule has 0 fully saturated rings. The molecule has 2 rings (SSSR count). The van der Waals surface area contributed by atoms with Gasteiger partial charge in [-0.25, -0.2) is 0 Å². The molecule has 0 aromatic carbocycles. The van der Waals surface area contributed by atoms with E-state index in [0.717, 1.165) is 11.5 Å². The molecule has 2 heterocycles. The standard InChI is InChI=1S/C7H8N4.ClH/c8-5-7-10-9-6-3-1-2-4-11(6)7;/h1-4H,5,8H2;1H. The largest absolute Gasteiger partial charge is 0.324 e. The predicted molar refractivity (Wildman–Crippen MR) is 48.1 cm³/mol. The number of pyridine rings is 1. The monoisotopic (exact) mass is 184 g/mol. The van der Waals surface area contributed by atoms with Crippen LogP contribution in [0.25, 0.3) is 5.65 Å². The van der Waals surface area contributed by atoms with Crippen LogP contribution in [0.2, 0.25) is 0 Å². The van der Waals surface area contributed by atoms with Gasteiger partial charge in [0, 0.05) is 6.20 Å². The third kappa shape index (κ3) is 1.26. The van der Waals surface area contributed by atoms with Crippen LogP contribution in [-0.2, 0) is 6.54 Å². The zero-order chi connectivity index (χ0) is 7.68. The summed E-state index contributed by atoms with van der Waals surface area (Å²) in [7, 11) is 0. The third-order valence-corrected chi connectivity index (χ3v) is 1.57. The molecule has 4 nitrogen and oxygen atoms in total. The van der Waals surface area contributed by atoms with E-state index in [1.165, 1.54) is 0 Å². The van der Waals surface area contributed by atoms with Gasteiger partial charge in [-0.3, -0.25) is 4.40 Å². The van der Waals surface area contributed by atoms with Crippen LogP contribution in [0, 0.1) is 0 Å². The molecule has 0 aliphatic carbocycles. The number of fused-ring (bicyclic) bond motifs is 1. The number of hydrogen-bond acceptors (Lipinski definition) is 3. The van der Waals surface area contributed by atoms with Gasteiger partial charge >= 0.3 is 0 Å². The summed E-state index contributed by atoms with van der Waals surface area (Å²) in [6, 6.07) is 5.74. The van der Waals surface area contributed by atoms with Gasteiger partial charge in [0.1, 0.15) is 0 Å². The second-order valence-corrected chi connectivity index (χ2v) is 2.25. The molecule has 0 amide bonds. The Hall–Kier alpha value is -1.13. The van der Waals surface area contributed by atoms with Gasteiger partial charge in [0.2, 0.25) is 0 Å². The molecule has 0 atom stereocenters. The SMILES string of the molecule is Cl.NCc1nnc2ccccn12. The minimum absolute atomic E-state index is 0. The van der Waals surface area contributed by atoms with Gasteiger partial charge < -0.3 is 5.73 Å².